The fourth-order valence-corrected chi connectivity index (χ4v) is 2.14. The number of rotatable bonds is 6. The Bertz CT molecular complexity index is 518. The summed E-state index contributed by atoms with van der Waals surface area (Å²) in [4.78, 5) is 26.3. The van der Waals surface area contributed by atoms with Gasteiger partial charge in [0.05, 0.1) is 18.7 Å². The van der Waals surface area contributed by atoms with Gasteiger partial charge in [0, 0.05) is 6.92 Å². The summed E-state index contributed by atoms with van der Waals surface area (Å²) in [6, 6.07) is -2.11. The fraction of sp³-hybridized carbons (Fsp3) is 0.583. The predicted octanol–water partition coefficient (Wildman–Crippen LogP) is -3.79. The Balaban J connectivity index is 3.28. The van der Waals surface area contributed by atoms with E-state index < -0.39 is 54.6 Å². The van der Waals surface area contributed by atoms with Crippen LogP contribution >= 0.6 is 0 Å². The van der Waals surface area contributed by atoms with Crippen LogP contribution in [-0.2, 0) is 14.3 Å². The average molecular weight is 332 g/mol. The van der Waals surface area contributed by atoms with Gasteiger partial charge in [-0.15, -0.1) is 0 Å². The summed E-state index contributed by atoms with van der Waals surface area (Å²) < 4.78 is 5.13. The molecule has 1 rings (SSSR count). The van der Waals surface area contributed by atoms with Gasteiger partial charge in [-0.05, 0) is 6.08 Å². The summed E-state index contributed by atoms with van der Waals surface area (Å²) >= 11 is 0. The lowest BCUT2D eigenvalue weighted by molar-refractivity contribution is -0.145. The van der Waals surface area contributed by atoms with Gasteiger partial charge >= 0.3 is 5.97 Å². The summed E-state index contributed by atoms with van der Waals surface area (Å²) in [5.74, 6) is -2.89. The van der Waals surface area contributed by atoms with Crippen LogP contribution in [0.1, 0.15) is 6.92 Å². The Morgan fingerprint density at radius 3 is 2.48 bits per heavy atom. The van der Waals surface area contributed by atoms with Crippen LogP contribution in [0.2, 0.25) is 0 Å². The van der Waals surface area contributed by atoms with E-state index >= 15 is 0 Å². The summed E-state index contributed by atoms with van der Waals surface area (Å²) in [5, 5.41) is 40.1. The number of aliphatic carboxylic acids is 1. The van der Waals surface area contributed by atoms with E-state index in [2.05, 4.69) is 10.3 Å². The van der Waals surface area contributed by atoms with Crippen molar-refractivity contribution in [2.45, 2.75) is 37.3 Å². The van der Waals surface area contributed by atoms with Gasteiger partial charge in [0.1, 0.15) is 18.3 Å². The zero-order valence-corrected chi connectivity index (χ0v) is 12.3. The number of aliphatic imine (C=N–C) groups is 1. The number of carboxylic acid groups (broad SMARTS) is 1. The van der Waals surface area contributed by atoms with E-state index in [1.165, 1.54) is 6.92 Å². The Morgan fingerprint density at radius 1 is 1.43 bits per heavy atom. The quantitative estimate of drug-likeness (QED) is 0.188. The normalized spacial score (nSPS) is 26.3. The van der Waals surface area contributed by atoms with Crippen molar-refractivity contribution in [3.8, 4) is 0 Å². The number of aliphatic hydroxyl groups excluding tert-OH is 3. The molecule has 1 aliphatic heterocycles. The minimum Gasteiger partial charge on any atom is -0.478 e. The second kappa shape index (κ2) is 7.76. The number of ether oxygens (including phenoxy) is 1. The van der Waals surface area contributed by atoms with Crippen LogP contribution < -0.4 is 16.8 Å². The van der Waals surface area contributed by atoms with Gasteiger partial charge in [-0.3, -0.25) is 4.79 Å². The first-order valence-corrected chi connectivity index (χ1v) is 6.62. The van der Waals surface area contributed by atoms with Crippen LogP contribution in [0, 0.1) is 0 Å². The first-order valence-electron chi connectivity index (χ1n) is 6.62. The molecule has 0 saturated carbocycles. The lowest BCUT2D eigenvalue weighted by Gasteiger charge is -2.38. The summed E-state index contributed by atoms with van der Waals surface area (Å²) in [6.45, 7) is 0.391. The summed E-state index contributed by atoms with van der Waals surface area (Å²) in [7, 11) is 0. The largest absolute Gasteiger partial charge is 0.478 e. The van der Waals surface area contributed by atoms with Crippen molar-refractivity contribution in [2.24, 2.45) is 16.5 Å². The van der Waals surface area contributed by atoms with Gasteiger partial charge in [0.2, 0.25) is 11.7 Å². The summed E-state index contributed by atoms with van der Waals surface area (Å²) in [5.41, 5.74) is 10.6. The molecule has 23 heavy (non-hydrogen) atoms. The third kappa shape index (κ3) is 4.81. The first kappa shape index (κ1) is 18.7. The molecule has 1 aliphatic rings. The molecule has 0 fully saturated rings. The van der Waals surface area contributed by atoms with E-state index in [1.807, 2.05) is 0 Å². The minimum absolute atomic E-state index is 0.371. The second-order valence-electron chi connectivity index (χ2n) is 4.93. The van der Waals surface area contributed by atoms with Gasteiger partial charge in [-0.2, -0.15) is 0 Å². The van der Waals surface area contributed by atoms with Gasteiger partial charge < -0.3 is 41.9 Å². The van der Waals surface area contributed by atoms with Crippen LogP contribution in [0.15, 0.2) is 16.8 Å². The lowest BCUT2D eigenvalue weighted by atomic mass is 9.92. The maximum atomic E-state index is 11.4. The molecule has 0 spiro atoms. The maximum absolute atomic E-state index is 11.4. The van der Waals surface area contributed by atoms with E-state index in [-0.39, 0.29) is 5.96 Å². The van der Waals surface area contributed by atoms with Crippen molar-refractivity contribution < 1.29 is 34.8 Å². The molecule has 11 heteroatoms. The highest BCUT2D eigenvalue weighted by Gasteiger charge is 2.43. The number of guanidine groups is 1. The molecule has 130 valence electrons. The van der Waals surface area contributed by atoms with Crippen molar-refractivity contribution in [2.75, 3.05) is 6.61 Å². The highest BCUT2D eigenvalue weighted by atomic mass is 16.5. The number of amides is 1. The van der Waals surface area contributed by atoms with Crippen molar-refractivity contribution in [1.82, 2.24) is 5.32 Å². The molecule has 9 N–H and O–H groups in total. The number of aliphatic hydroxyl groups is 3. The zero-order chi connectivity index (χ0) is 17.7. The fourth-order valence-electron chi connectivity index (χ4n) is 2.14. The van der Waals surface area contributed by atoms with E-state index in [1.54, 1.807) is 0 Å². The number of carbonyl (C=O) groups is 2. The molecule has 4 unspecified atom stereocenters. The standard InChI is InChI=1S/C12H20N4O7/c1-4(18)15-8-5(16-12(13)14)2-7(11(21)22)23-10(8)9(20)6(19)3-17/h2,5-6,8-10,17,19-20H,3H2,1H3,(H,15,18)(H,21,22)(H4,13,14,16)/t5?,6?,8?,9?,10-/m1/s1. The number of hydrogen-bond acceptors (Lipinski definition) is 7. The topological polar surface area (TPSA) is 201 Å². The Morgan fingerprint density at radius 2 is 2.04 bits per heavy atom. The highest BCUT2D eigenvalue weighted by molar-refractivity contribution is 5.85. The number of carbonyl (C=O) groups excluding carboxylic acids is 1. The molecule has 5 atom stereocenters. The number of hydrogen-bond donors (Lipinski definition) is 7. The van der Waals surface area contributed by atoms with Crippen molar-refractivity contribution in [1.29, 1.82) is 0 Å². The number of nitrogens with two attached hydrogens (primary N) is 2. The van der Waals surface area contributed by atoms with Gasteiger partial charge in [-0.1, -0.05) is 0 Å². The van der Waals surface area contributed by atoms with Crippen LogP contribution in [0.4, 0.5) is 0 Å². The number of carboxylic acids is 1. The van der Waals surface area contributed by atoms with Gasteiger partial charge in [0.25, 0.3) is 0 Å². The molecule has 11 nitrogen and oxygen atoms in total. The van der Waals surface area contributed by atoms with E-state index in [9.17, 15) is 19.8 Å². The molecule has 1 heterocycles. The monoisotopic (exact) mass is 332 g/mol. The van der Waals surface area contributed by atoms with Crippen LogP contribution in [0.5, 0.6) is 0 Å². The smallest absolute Gasteiger partial charge is 0.370 e. The SMILES string of the molecule is CC(=O)NC1C(N=C(N)N)C=C(C(=O)O)O[C@H]1C(O)C(O)CO. The first-order chi connectivity index (χ1) is 10.7. The Kier molecular flexibility index (Phi) is 6.30. The molecule has 0 aromatic rings. The van der Waals surface area contributed by atoms with Gasteiger partial charge in [-0.25, -0.2) is 9.79 Å². The highest BCUT2D eigenvalue weighted by Crippen LogP contribution is 2.24. The van der Waals surface area contributed by atoms with Crippen molar-refractivity contribution in [3.63, 3.8) is 0 Å². The molecular formula is C12H20N4O7. The van der Waals surface area contributed by atoms with E-state index in [4.69, 9.17) is 26.4 Å². The zero-order valence-electron chi connectivity index (χ0n) is 12.3. The molecule has 0 bridgehead atoms. The summed E-state index contributed by atoms with van der Waals surface area (Å²) in [6.07, 6.45) is -3.65. The van der Waals surface area contributed by atoms with E-state index in [0.717, 1.165) is 6.08 Å². The van der Waals surface area contributed by atoms with Crippen molar-refractivity contribution in [3.05, 3.63) is 11.8 Å². The molecule has 1 amide bonds. The number of nitrogens with one attached hydrogen (secondary N) is 1. The molecule has 0 saturated heterocycles. The molecule has 0 aliphatic carbocycles. The third-order valence-corrected chi connectivity index (χ3v) is 3.10. The molecular weight excluding hydrogens is 312 g/mol. The molecule has 0 aromatic heterocycles. The average Bonchev–Trinajstić information content (AvgIpc) is 2.45. The molecule has 0 radical (unpaired) electrons. The molecule has 0 aromatic carbocycles. The Labute approximate surface area is 131 Å². The van der Waals surface area contributed by atoms with Crippen LogP contribution in [-0.4, -0.2) is 75.3 Å². The third-order valence-electron chi connectivity index (χ3n) is 3.10. The predicted molar refractivity (Wildman–Crippen MR) is 76.9 cm³/mol. The lowest BCUT2D eigenvalue weighted by Crippen LogP contribution is -2.59. The van der Waals surface area contributed by atoms with E-state index in [0.29, 0.717) is 0 Å². The minimum atomic E-state index is -1.70. The maximum Gasteiger partial charge on any atom is 0.370 e. The number of nitrogens with zero attached hydrogens (tertiary/aromatic N) is 1. The Hall–Kier alpha value is -2.37. The van der Waals surface area contributed by atoms with Crippen LogP contribution in [0.25, 0.3) is 0 Å². The second-order valence-corrected chi connectivity index (χ2v) is 4.93. The van der Waals surface area contributed by atoms with Crippen LogP contribution in [0.3, 0.4) is 0 Å². The van der Waals surface area contributed by atoms with Gasteiger partial charge in [0.15, 0.2) is 5.96 Å². The van der Waals surface area contributed by atoms with Crippen molar-refractivity contribution >= 4 is 17.8 Å².